The quantitative estimate of drug-likeness (QED) is 0.301. The predicted octanol–water partition coefficient (Wildman–Crippen LogP) is 8.39. The first-order valence-corrected chi connectivity index (χ1v) is 11.4. The molecule has 0 N–H and O–H groups in total. The fourth-order valence-electron chi connectivity index (χ4n) is 3.62. The second-order valence-electron chi connectivity index (χ2n) is 7.61. The first kappa shape index (κ1) is 25.2. The molecule has 0 fully saturated rings. The van der Waals surface area contributed by atoms with Crippen molar-refractivity contribution in [2.24, 2.45) is 0 Å². The second kappa shape index (κ2) is 10.2. The normalized spacial score (nSPS) is 18.1. The Balaban J connectivity index is 1.91. The number of alkyl halides is 6. The van der Waals surface area contributed by atoms with Crippen LogP contribution in [0, 0.1) is 0 Å². The Hall–Kier alpha value is -2.42. The lowest BCUT2D eigenvalue weighted by atomic mass is 10.0. The van der Waals surface area contributed by atoms with Gasteiger partial charge in [-0.05, 0) is 62.6 Å². The molecule has 1 aliphatic rings. The van der Waals surface area contributed by atoms with Crippen LogP contribution in [0.2, 0.25) is 0 Å². The molecule has 1 unspecified atom stereocenters. The highest BCUT2D eigenvalue weighted by atomic mass is 32.2. The van der Waals surface area contributed by atoms with Crippen molar-refractivity contribution in [3.05, 3.63) is 77.2 Å². The van der Waals surface area contributed by atoms with Crippen LogP contribution in [0.25, 0.3) is 5.57 Å². The topological polar surface area (TPSA) is 17.8 Å². The first-order valence-electron chi connectivity index (χ1n) is 10.6. The molecule has 2 nitrogen and oxygen atoms in total. The van der Waals surface area contributed by atoms with Crippen LogP contribution >= 0.6 is 11.8 Å². The summed E-state index contributed by atoms with van der Waals surface area (Å²) in [6.07, 6.45) is -1.48. The van der Waals surface area contributed by atoms with E-state index in [9.17, 15) is 26.3 Å². The van der Waals surface area contributed by atoms with Gasteiger partial charge in [0, 0.05) is 17.0 Å². The minimum atomic E-state index is -4.47. The summed E-state index contributed by atoms with van der Waals surface area (Å²) >= 11 is 1.43. The summed E-state index contributed by atoms with van der Waals surface area (Å²) in [6.45, 7) is 4.01. The number of allylic oxidation sites excluding steroid dienone is 6. The van der Waals surface area contributed by atoms with Gasteiger partial charge in [-0.3, -0.25) is 4.68 Å². The minimum Gasteiger partial charge on any atom is -0.268 e. The fourth-order valence-corrected chi connectivity index (χ4v) is 4.84. The Morgan fingerprint density at radius 3 is 2.42 bits per heavy atom. The van der Waals surface area contributed by atoms with E-state index in [4.69, 9.17) is 0 Å². The monoisotopic (exact) mass is 486 g/mol. The van der Waals surface area contributed by atoms with E-state index < -0.39 is 23.5 Å². The lowest BCUT2D eigenvalue weighted by molar-refractivity contribution is -0.137. The molecule has 9 heteroatoms. The number of fused-ring (bicyclic) bond motifs is 1. The zero-order valence-electron chi connectivity index (χ0n) is 18.2. The number of aromatic nitrogens is 2. The van der Waals surface area contributed by atoms with Crippen LogP contribution in [0.1, 0.15) is 55.3 Å². The molecule has 0 bridgehead atoms. The van der Waals surface area contributed by atoms with Crippen molar-refractivity contribution in [1.82, 2.24) is 9.78 Å². The lowest BCUT2D eigenvalue weighted by Crippen LogP contribution is -2.14. The highest BCUT2D eigenvalue weighted by molar-refractivity contribution is 7.99. The zero-order valence-corrected chi connectivity index (χ0v) is 19.0. The van der Waals surface area contributed by atoms with Gasteiger partial charge < -0.3 is 0 Å². The number of aryl methyl sites for hydroxylation is 1. The van der Waals surface area contributed by atoms with Gasteiger partial charge in [0.2, 0.25) is 0 Å². The zero-order chi connectivity index (χ0) is 24.2. The van der Waals surface area contributed by atoms with Crippen molar-refractivity contribution in [3.63, 3.8) is 0 Å². The van der Waals surface area contributed by atoms with Crippen LogP contribution in [-0.2, 0) is 12.7 Å². The van der Waals surface area contributed by atoms with Gasteiger partial charge in [-0.15, -0.1) is 11.8 Å². The Kier molecular flexibility index (Phi) is 7.82. The highest BCUT2D eigenvalue weighted by Crippen LogP contribution is 2.43. The molecule has 2 aromatic rings. The molecule has 2 heterocycles. The summed E-state index contributed by atoms with van der Waals surface area (Å²) in [4.78, 5) is 0.693. The minimum absolute atomic E-state index is 0.0585. The molecule has 0 amide bonds. The molecule has 178 valence electrons. The van der Waals surface area contributed by atoms with Gasteiger partial charge in [0.25, 0.3) is 0 Å². The average molecular weight is 487 g/mol. The van der Waals surface area contributed by atoms with E-state index in [-0.39, 0.29) is 11.7 Å². The summed E-state index contributed by atoms with van der Waals surface area (Å²) in [5.74, 6) is 0. The third-order valence-electron chi connectivity index (χ3n) is 5.14. The Morgan fingerprint density at radius 2 is 1.85 bits per heavy atom. The van der Waals surface area contributed by atoms with Crippen LogP contribution in [0.4, 0.5) is 26.3 Å². The summed E-state index contributed by atoms with van der Waals surface area (Å²) in [5.41, 5.74) is 0.220. The van der Waals surface area contributed by atoms with Crippen molar-refractivity contribution in [2.75, 3.05) is 0 Å². The van der Waals surface area contributed by atoms with E-state index >= 15 is 0 Å². The molecule has 0 spiro atoms. The van der Waals surface area contributed by atoms with Crippen LogP contribution in [0.5, 0.6) is 0 Å². The molecule has 1 atom stereocenters. The van der Waals surface area contributed by atoms with Gasteiger partial charge in [0.15, 0.2) is 0 Å². The summed E-state index contributed by atoms with van der Waals surface area (Å²) < 4.78 is 80.5. The Bertz CT molecular complexity index is 1040. The molecule has 0 saturated carbocycles. The average Bonchev–Trinajstić information content (AvgIpc) is 3.17. The van der Waals surface area contributed by atoms with Crippen LogP contribution in [0.15, 0.2) is 65.1 Å². The third kappa shape index (κ3) is 6.34. The number of benzene rings is 1. The molecular weight excluding hydrogens is 462 g/mol. The van der Waals surface area contributed by atoms with E-state index in [0.29, 0.717) is 22.7 Å². The first-order chi connectivity index (χ1) is 15.5. The maximum Gasteiger partial charge on any atom is 0.416 e. The standard InChI is InChI=1S/C24H24F6N2S/c1-3-6-16(14-18(7-4-2)24(28,29)30)20-15-21-22(8-5-13-32(21)31-20)33-19-11-9-17(10-12-19)23(25,26)27/h3,6-7,9-12,14-15,22H,4-5,8,13H2,1-2H3/b6-3-,16-14+,18-7-. The Morgan fingerprint density at radius 1 is 1.15 bits per heavy atom. The van der Waals surface area contributed by atoms with Gasteiger partial charge in [0.05, 0.1) is 27.8 Å². The maximum atomic E-state index is 13.4. The van der Waals surface area contributed by atoms with E-state index in [1.165, 1.54) is 23.9 Å². The molecule has 1 aromatic heterocycles. The SMILES string of the molecule is C\C=C/C(=C\C(=C\CC)C(F)(F)F)c1cc2n(n1)CCCC2Sc1ccc(C(F)(F)F)cc1. The molecule has 0 radical (unpaired) electrons. The van der Waals surface area contributed by atoms with Gasteiger partial charge >= 0.3 is 12.4 Å². The second-order valence-corrected chi connectivity index (χ2v) is 8.89. The molecule has 0 saturated heterocycles. The van der Waals surface area contributed by atoms with Crippen LogP contribution < -0.4 is 0 Å². The summed E-state index contributed by atoms with van der Waals surface area (Å²) in [6, 6.07) is 6.78. The van der Waals surface area contributed by atoms with E-state index in [2.05, 4.69) is 5.10 Å². The van der Waals surface area contributed by atoms with Gasteiger partial charge in [-0.2, -0.15) is 31.4 Å². The number of thioether (sulfide) groups is 1. The smallest absolute Gasteiger partial charge is 0.268 e. The fraction of sp³-hybridized carbons (Fsp3) is 0.375. The van der Waals surface area contributed by atoms with E-state index in [1.807, 2.05) is 0 Å². The van der Waals surface area contributed by atoms with Crippen molar-refractivity contribution in [2.45, 2.75) is 62.2 Å². The summed E-state index contributed by atoms with van der Waals surface area (Å²) in [5, 5.41) is 4.49. The van der Waals surface area contributed by atoms with Gasteiger partial charge in [-0.1, -0.05) is 25.2 Å². The number of hydrogen-bond acceptors (Lipinski definition) is 2. The van der Waals surface area contributed by atoms with Crippen molar-refractivity contribution in [3.8, 4) is 0 Å². The van der Waals surface area contributed by atoms with Crippen molar-refractivity contribution < 1.29 is 26.3 Å². The molecule has 1 aliphatic heterocycles. The lowest BCUT2D eigenvalue weighted by Gasteiger charge is -2.23. The van der Waals surface area contributed by atoms with Crippen molar-refractivity contribution in [1.29, 1.82) is 0 Å². The Labute approximate surface area is 193 Å². The van der Waals surface area contributed by atoms with E-state index in [0.717, 1.165) is 42.8 Å². The molecular formula is C24H24F6N2S. The molecule has 33 heavy (non-hydrogen) atoms. The van der Waals surface area contributed by atoms with Crippen molar-refractivity contribution >= 4 is 17.3 Å². The van der Waals surface area contributed by atoms with E-state index in [1.54, 1.807) is 36.7 Å². The molecule has 1 aromatic carbocycles. The van der Waals surface area contributed by atoms with Crippen LogP contribution in [-0.4, -0.2) is 16.0 Å². The highest BCUT2D eigenvalue weighted by Gasteiger charge is 2.33. The molecule has 3 rings (SSSR count). The number of halogens is 6. The molecule has 0 aliphatic carbocycles. The predicted molar refractivity (Wildman–Crippen MR) is 119 cm³/mol. The van der Waals surface area contributed by atoms with Gasteiger partial charge in [-0.25, -0.2) is 0 Å². The van der Waals surface area contributed by atoms with Gasteiger partial charge in [0.1, 0.15) is 0 Å². The largest absolute Gasteiger partial charge is 0.416 e. The third-order valence-corrected chi connectivity index (χ3v) is 6.45. The number of hydrogen-bond donors (Lipinski definition) is 0. The van der Waals surface area contributed by atoms with Crippen LogP contribution in [0.3, 0.4) is 0 Å². The maximum absolute atomic E-state index is 13.4. The number of nitrogens with zero attached hydrogens (tertiary/aromatic N) is 2. The summed E-state index contributed by atoms with van der Waals surface area (Å²) in [7, 11) is 0. The number of rotatable bonds is 6.